The Morgan fingerprint density at radius 3 is 2.92 bits per heavy atom. The molecule has 0 aromatic carbocycles. The SMILES string of the molecule is C=CCn1nc(C(N)=O)ccc1=O. The van der Waals surface area contributed by atoms with E-state index in [2.05, 4.69) is 11.7 Å². The van der Waals surface area contributed by atoms with Crippen molar-refractivity contribution in [1.82, 2.24) is 9.78 Å². The quantitative estimate of drug-likeness (QED) is 0.637. The number of primary amides is 1. The average Bonchev–Trinajstić information content (AvgIpc) is 2.08. The fourth-order valence-corrected chi connectivity index (χ4v) is 0.833. The summed E-state index contributed by atoms with van der Waals surface area (Å²) in [5, 5.41) is 3.72. The van der Waals surface area contributed by atoms with Crippen LogP contribution in [0.3, 0.4) is 0 Å². The first-order chi connectivity index (χ1) is 6.15. The third kappa shape index (κ3) is 2.02. The second-order valence-electron chi connectivity index (χ2n) is 2.39. The van der Waals surface area contributed by atoms with E-state index in [9.17, 15) is 9.59 Å². The number of rotatable bonds is 3. The highest BCUT2D eigenvalue weighted by Gasteiger charge is 2.03. The van der Waals surface area contributed by atoms with Crippen LogP contribution in [0.15, 0.2) is 29.6 Å². The average molecular weight is 179 g/mol. The molecule has 0 bridgehead atoms. The van der Waals surface area contributed by atoms with Gasteiger partial charge in [-0.25, -0.2) is 4.68 Å². The standard InChI is InChI=1S/C8H9N3O2/c1-2-5-11-7(12)4-3-6(10-11)8(9)13/h2-4H,1,5H2,(H2,9,13). The molecular weight excluding hydrogens is 170 g/mol. The molecular formula is C8H9N3O2. The summed E-state index contributed by atoms with van der Waals surface area (Å²) in [6, 6.07) is 2.54. The van der Waals surface area contributed by atoms with E-state index in [-0.39, 0.29) is 17.8 Å². The molecule has 0 fully saturated rings. The summed E-state index contributed by atoms with van der Waals surface area (Å²) < 4.78 is 1.12. The van der Waals surface area contributed by atoms with Crippen LogP contribution >= 0.6 is 0 Å². The van der Waals surface area contributed by atoms with Gasteiger partial charge in [-0.1, -0.05) is 6.08 Å². The second kappa shape index (κ2) is 3.66. The van der Waals surface area contributed by atoms with Crippen molar-refractivity contribution in [1.29, 1.82) is 0 Å². The van der Waals surface area contributed by atoms with Crippen molar-refractivity contribution in [3.8, 4) is 0 Å². The molecule has 1 aromatic rings. The minimum atomic E-state index is -0.655. The summed E-state index contributed by atoms with van der Waals surface area (Å²) >= 11 is 0. The third-order valence-corrected chi connectivity index (χ3v) is 1.42. The fourth-order valence-electron chi connectivity index (χ4n) is 0.833. The molecule has 5 heteroatoms. The van der Waals surface area contributed by atoms with E-state index < -0.39 is 5.91 Å². The fraction of sp³-hybridized carbons (Fsp3) is 0.125. The van der Waals surface area contributed by atoms with Gasteiger partial charge in [0.05, 0.1) is 6.54 Å². The number of hydrogen-bond acceptors (Lipinski definition) is 3. The van der Waals surface area contributed by atoms with Crippen LogP contribution in [0, 0.1) is 0 Å². The Morgan fingerprint density at radius 2 is 2.38 bits per heavy atom. The highest BCUT2D eigenvalue weighted by atomic mass is 16.1. The van der Waals surface area contributed by atoms with Crippen LogP contribution in [-0.2, 0) is 6.54 Å². The number of nitrogens with zero attached hydrogens (tertiary/aromatic N) is 2. The molecule has 0 aliphatic carbocycles. The van der Waals surface area contributed by atoms with Crippen molar-refractivity contribution >= 4 is 5.91 Å². The minimum absolute atomic E-state index is 0.0708. The Bertz CT molecular complexity index is 395. The van der Waals surface area contributed by atoms with Crippen LogP contribution in [0.2, 0.25) is 0 Å². The number of nitrogens with two attached hydrogens (primary N) is 1. The molecule has 1 amide bonds. The Labute approximate surface area is 74.5 Å². The molecule has 0 aliphatic rings. The maximum absolute atomic E-state index is 11.1. The summed E-state index contributed by atoms with van der Waals surface area (Å²) in [6.45, 7) is 3.72. The molecule has 5 nitrogen and oxygen atoms in total. The van der Waals surface area contributed by atoms with Gasteiger partial charge in [0.2, 0.25) is 0 Å². The Hall–Kier alpha value is -1.91. The molecule has 0 spiro atoms. The molecule has 1 aromatic heterocycles. The van der Waals surface area contributed by atoms with Gasteiger partial charge in [-0.05, 0) is 6.07 Å². The van der Waals surface area contributed by atoms with Crippen LogP contribution in [0.1, 0.15) is 10.5 Å². The smallest absolute Gasteiger partial charge is 0.269 e. The summed E-state index contributed by atoms with van der Waals surface area (Å²) in [6.07, 6.45) is 1.51. The largest absolute Gasteiger partial charge is 0.364 e. The molecule has 0 unspecified atom stereocenters. The predicted octanol–water partition coefficient (Wildman–Crippen LogP) is -0.472. The number of amides is 1. The lowest BCUT2D eigenvalue weighted by atomic mass is 10.4. The molecule has 1 rings (SSSR count). The first kappa shape index (κ1) is 9.18. The van der Waals surface area contributed by atoms with E-state index >= 15 is 0 Å². The van der Waals surface area contributed by atoms with E-state index in [1.54, 1.807) is 0 Å². The Kier molecular flexibility index (Phi) is 2.59. The third-order valence-electron chi connectivity index (χ3n) is 1.42. The maximum atomic E-state index is 11.1. The van der Waals surface area contributed by atoms with Crippen LogP contribution in [-0.4, -0.2) is 15.7 Å². The second-order valence-corrected chi connectivity index (χ2v) is 2.39. The van der Waals surface area contributed by atoms with Crippen molar-refractivity contribution < 1.29 is 4.79 Å². The Morgan fingerprint density at radius 1 is 1.69 bits per heavy atom. The number of allylic oxidation sites excluding steroid dienone is 1. The topological polar surface area (TPSA) is 78.0 Å². The molecule has 0 atom stereocenters. The van der Waals surface area contributed by atoms with Gasteiger partial charge in [-0.15, -0.1) is 6.58 Å². The normalized spacial score (nSPS) is 9.54. The Balaban J connectivity index is 3.18. The van der Waals surface area contributed by atoms with Gasteiger partial charge in [0.1, 0.15) is 5.69 Å². The molecule has 1 heterocycles. The number of aromatic nitrogens is 2. The molecule has 13 heavy (non-hydrogen) atoms. The molecule has 0 aliphatic heterocycles. The van der Waals surface area contributed by atoms with E-state index in [1.165, 1.54) is 18.2 Å². The zero-order chi connectivity index (χ0) is 9.84. The van der Waals surface area contributed by atoms with Crippen LogP contribution < -0.4 is 11.3 Å². The van der Waals surface area contributed by atoms with Crippen LogP contribution in [0.5, 0.6) is 0 Å². The molecule has 68 valence electrons. The van der Waals surface area contributed by atoms with E-state index in [4.69, 9.17) is 5.73 Å². The van der Waals surface area contributed by atoms with Crippen molar-refractivity contribution in [3.05, 3.63) is 40.8 Å². The number of hydrogen-bond donors (Lipinski definition) is 1. The van der Waals surface area contributed by atoms with Crippen LogP contribution in [0.25, 0.3) is 0 Å². The van der Waals surface area contributed by atoms with E-state index in [1.807, 2.05) is 0 Å². The van der Waals surface area contributed by atoms with Crippen molar-refractivity contribution in [2.75, 3.05) is 0 Å². The lowest BCUT2D eigenvalue weighted by Gasteiger charge is -2.00. The first-order valence-electron chi connectivity index (χ1n) is 3.64. The van der Waals surface area contributed by atoms with Gasteiger partial charge in [0.25, 0.3) is 11.5 Å². The zero-order valence-electron chi connectivity index (χ0n) is 6.93. The summed E-state index contributed by atoms with van der Waals surface area (Å²) in [5.41, 5.74) is 4.77. The summed E-state index contributed by atoms with van der Waals surface area (Å²) in [5.74, 6) is -0.655. The lowest BCUT2D eigenvalue weighted by Crippen LogP contribution is -2.25. The minimum Gasteiger partial charge on any atom is -0.364 e. The molecule has 0 saturated carbocycles. The number of carbonyl (C=O) groups excluding carboxylic acids is 1. The van der Waals surface area contributed by atoms with Crippen molar-refractivity contribution in [3.63, 3.8) is 0 Å². The van der Waals surface area contributed by atoms with Gasteiger partial charge in [-0.2, -0.15) is 5.10 Å². The molecule has 2 N–H and O–H groups in total. The van der Waals surface area contributed by atoms with Crippen molar-refractivity contribution in [2.45, 2.75) is 6.54 Å². The van der Waals surface area contributed by atoms with Crippen LogP contribution in [0.4, 0.5) is 0 Å². The predicted molar refractivity (Wildman–Crippen MR) is 47.2 cm³/mol. The monoisotopic (exact) mass is 179 g/mol. The first-order valence-corrected chi connectivity index (χ1v) is 3.64. The van der Waals surface area contributed by atoms with E-state index in [0.29, 0.717) is 0 Å². The number of carbonyl (C=O) groups is 1. The van der Waals surface area contributed by atoms with Gasteiger partial charge in [-0.3, -0.25) is 9.59 Å². The zero-order valence-corrected chi connectivity index (χ0v) is 6.93. The molecule has 0 radical (unpaired) electrons. The van der Waals surface area contributed by atoms with Gasteiger partial charge in [0.15, 0.2) is 0 Å². The van der Waals surface area contributed by atoms with E-state index in [0.717, 1.165) is 4.68 Å². The van der Waals surface area contributed by atoms with Gasteiger partial charge in [0, 0.05) is 6.07 Å². The lowest BCUT2D eigenvalue weighted by molar-refractivity contribution is 0.0993. The summed E-state index contributed by atoms with van der Waals surface area (Å²) in [4.78, 5) is 21.8. The van der Waals surface area contributed by atoms with Gasteiger partial charge < -0.3 is 5.73 Å². The summed E-state index contributed by atoms with van der Waals surface area (Å²) in [7, 11) is 0. The highest BCUT2D eigenvalue weighted by Crippen LogP contribution is 1.88. The maximum Gasteiger partial charge on any atom is 0.269 e. The highest BCUT2D eigenvalue weighted by molar-refractivity contribution is 5.90. The molecule has 0 saturated heterocycles. The van der Waals surface area contributed by atoms with Crippen molar-refractivity contribution in [2.24, 2.45) is 5.73 Å². The van der Waals surface area contributed by atoms with Gasteiger partial charge >= 0.3 is 0 Å².